The highest BCUT2D eigenvalue weighted by Gasteiger charge is 2.24. The minimum absolute atomic E-state index is 0.0172. The monoisotopic (exact) mass is 572 g/mol. The molecule has 0 bridgehead atoms. The maximum absolute atomic E-state index is 9.55. The summed E-state index contributed by atoms with van der Waals surface area (Å²) in [6.45, 7) is 5.76. The Balaban J connectivity index is 0.000000446. The predicted octanol–water partition coefficient (Wildman–Crippen LogP) is 4.79. The summed E-state index contributed by atoms with van der Waals surface area (Å²) in [6.07, 6.45) is 6.36. The van der Waals surface area contributed by atoms with Crippen LogP contribution in [0.1, 0.15) is 42.2 Å². The van der Waals surface area contributed by atoms with Crippen molar-refractivity contribution in [3.63, 3.8) is 0 Å². The number of fused-ring (bicyclic) bond motifs is 1. The van der Waals surface area contributed by atoms with Crippen LogP contribution in [0.25, 0.3) is 5.65 Å². The van der Waals surface area contributed by atoms with Gasteiger partial charge in [0, 0.05) is 37.9 Å². The molecule has 3 heterocycles. The molecule has 1 fully saturated rings. The number of benzene rings is 2. The molecular weight excluding hydrogens is 536 g/mol. The van der Waals surface area contributed by atoms with E-state index in [-0.39, 0.29) is 12.2 Å². The zero-order chi connectivity index (χ0) is 29.7. The van der Waals surface area contributed by atoms with Crippen LogP contribution < -0.4 is 4.74 Å². The number of hydrogen-bond acceptors (Lipinski definition) is 7. The van der Waals surface area contributed by atoms with E-state index in [9.17, 15) is 9.59 Å². The molecule has 0 unspecified atom stereocenters. The Morgan fingerprint density at radius 3 is 2.10 bits per heavy atom. The fraction of sp³-hybridized carbons (Fsp3) is 0.312. The lowest BCUT2D eigenvalue weighted by Gasteiger charge is -2.34. The average Bonchev–Trinajstić information content (AvgIpc) is 3.38. The lowest BCUT2D eigenvalue weighted by atomic mass is 10.00. The highest BCUT2D eigenvalue weighted by Crippen LogP contribution is 2.30. The second-order valence-corrected chi connectivity index (χ2v) is 9.95. The van der Waals surface area contributed by atoms with Gasteiger partial charge in [-0.15, -0.1) is 5.10 Å². The molecule has 0 atom stereocenters. The molecular formula is C32H36N4O6. The molecule has 2 N–H and O–H groups in total. The summed E-state index contributed by atoms with van der Waals surface area (Å²) in [5.74, 6) is -1.87. The number of carboxylic acid groups (broad SMARTS) is 2. The molecule has 2 aromatic heterocycles. The summed E-state index contributed by atoms with van der Waals surface area (Å²) < 4.78 is 14.3. The topological polar surface area (TPSA) is 126 Å². The van der Waals surface area contributed by atoms with Crippen LogP contribution in [0.3, 0.4) is 0 Å². The lowest BCUT2D eigenvalue weighted by molar-refractivity contribution is -0.134. The Bertz CT molecular complexity index is 1390. The molecule has 10 nitrogen and oxygen atoms in total. The number of rotatable bonds is 11. The molecule has 0 spiro atoms. The van der Waals surface area contributed by atoms with Crippen LogP contribution in [0.5, 0.6) is 5.88 Å². The van der Waals surface area contributed by atoms with Crippen molar-refractivity contribution in [2.24, 2.45) is 0 Å². The van der Waals surface area contributed by atoms with Crippen LogP contribution in [0.2, 0.25) is 0 Å². The molecule has 1 aliphatic rings. The van der Waals surface area contributed by atoms with E-state index in [1.165, 1.54) is 11.1 Å². The van der Waals surface area contributed by atoms with Gasteiger partial charge < -0.3 is 24.6 Å². The molecule has 0 saturated carbocycles. The number of imidazole rings is 1. The predicted molar refractivity (Wildman–Crippen MR) is 158 cm³/mol. The van der Waals surface area contributed by atoms with Crippen molar-refractivity contribution in [1.82, 2.24) is 19.5 Å². The molecule has 220 valence electrons. The van der Waals surface area contributed by atoms with Gasteiger partial charge >= 0.3 is 11.9 Å². The minimum atomic E-state index is -1.26. The number of carbonyl (C=O) groups is 2. The quantitative estimate of drug-likeness (QED) is 0.193. The highest BCUT2D eigenvalue weighted by atomic mass is 16.5. The van der Waals surface area contributed by atoms with E-state index in [0.717, 1.165) is 50.2 Å². The minimum Gasteiger partial charge on any atom is -0.478 e. The van der Waals surface area contributed by atoms with Crippen molar-refractivity contribution in [3.8, 4) is 5.88 Å². The van der Waals surface area contributed by atoms with Crippen LogP contribution in [0.15, 0.2) is 91.1 Å². The molecule has 42 heavy (non-hydrogen) atoms. The lowest BCUT2D eigenvalue weighted by Crippen LogP contribution is -2.38. The summed E-state index contributed by atoms with van der Waals surface area (Å²) in [7, 11) is 0. The number of carboxylic acids is 2. The molecule has 2 aromatic carbocycles. The number of hydrogen-bond donors (Lipinski definition) is 2. The summed E-state index contributed by atoms with van der Waals surface area (Å²) in [6, 6.07) is 24.9. The third-order valence-electron chi connectivity index (χ3n) is 6.72. The molecule has 5 rings (SSSR count). The van der Waals surface area contributed by atoms with E-state index >= 15 is 0 Å². The van der Waals surface area contributed by atoms with Gasteiger partial charge in [0.1, 0.15) is 6.10 Å². The van der Waals surface area contributed by atoms with E-state index in [1.807, 2.05) is 25.3 Å². The van der Waals surface area contributed by atoms with Crippen molar-refractivity contribution < 1.29 is 29.3 Å². The average molecular weight is 573 g/mol. The maximum atomic E-state index is 9.55. The highest BCUT2D eigenvalue weighted by molar-refractivity contribution is 5.89. The van der Waals surface area contributed by atoms with Crippen molar-refractivity contribution in [3.05, 3.63) is 108 Å². The SMILES string of the molecule is Cc1cn2nc(OCCCN3CCC(OC(c4ccccc4)c4ccccc4)CC3)ccc2n1.O=C(O)/C=C/C(=O)O. The van der Waals surface area contributed by atoms with Gasteiger partial charge in [0.05, 0.1) is 24.6 Å². The fourth-order valence-electron chi connectivity index (χ4n) is 4.73. The van der Waals surface area contributed by atoms with E-state index in [4.69, 9.17) is 19.7 Å². The molecule has 4 aromatic rings. The van der Waals surface area contributed by atoms with E-state index < -0.39 is 11.9 Å². The Morgan fingerprint density at radius 1 is 0.929 bits per heavy atom. The molecule has 0 amide bonds. The Morgan fingerprint density at radius 2 is 1.52 bits per heavy atom. The first-order valence-electron chi connectivity index (χ1n) is 13.9. The fourth-order valence-corrected chi connectivity index (χ4v) is 4.73. The van der Waals surface area contributed by atoms with Crippen LogP contribution >= 0.6 is 0 Å². The standard InChI is InChI=1S/C28H32N4O2.C4H4O4/c1-22-21-32-26(29-22)13-14-27(30-32)33-20-8-17-31-18-15-25(16-19-31)34-28(23-9-4-2-5-10-23)24-11-6-3-7-12-24;5-3(6)1-2-4(7)8/h2-7,9-14,21,25,28H,8,15-20H2,1H3;1-2H,(H,5,6)(H,7,8)/b;2-1+. The van der Waals surface area contributed by atoms with Crippen LogP contribution in [-0.4, -0.2) is 74.0 Å². The first kappa shape index (κ1) is 30.4. The van der Waals surface area contributed by atoms with E-state index in [1.54, 1.807) is 4.52 Å². The van der Waals surface area contributed by atoms with Gasteiger partial charge in [-0.1, -0.05) is 60.7 Å². The van der Waals surface area contributed by atoms with Gasteiger partial charge in [-0.05, 0) is 43.4 Å². The molecule has 0 aliphatic carbocycles. The van der Waals surface area contributed by atoms with E-state index in [2.05, 4.69) is 75.6 Å². The third-order valence-corrected chi connectivity index (χ3v) is 6.72. The Labute approximate surface area is 244 Å². The van der Waals surface area contributed by atoms with Crippen molar-refractivity contribution in [1.29, 1.82) is 0 Å². The third kappa shape index (κ3) is 9.53. The van der Waals surface area contributed by atoms with Crippen molar-refractivity contribution >= 4 is 17.6 Å². The molecule has 1 aliphatic heterocycles. The van der Waals surface area contributed by atoms with Crippen molar-refractivity contribution in [2.45, 2.75) is 38.4 Å². The number of aryl methyl sites for hydroxylation is 1. The van der Waals surface area contributed by atoms with Gasteiger partial charge in [-0.3, -0.25) is 0 Å². The zero-order valence-corrected chi connectivity index (χ0v) is 23.6. The molecule has 1 saturated heterocycles. The summed E-state index contributed by atoms with van der Waals surface area (Å²) in [4.78, 5) is 26.0. The van der Waals surface area contributed by atoms with Gasteiger partial charge in [0.2, 0.25) is 5.88 Å². The smallest absolute Gasteiger partial charge is 0.328 e. The number of ether oxygens (including phenoxy) is 2. The van der Waals surface area contributed by atoms with Crippen LogP contribution in [0, 0.1) is 6.92 Å². The zero-order valence-electron chi connectivity index (χ0n) is 23.6. The number of likely N-dealkylation sites (tertiary alicyclic amines) is 1. The number of nitrogens with zero attached hydrogens (tertiary/aromatic N) is 4. The number of aliphatic carboxylic acids is 2. The summed E-state index contributed by atoms with van der Waals surface area (Å²) in [5.41, 5.74) is 4.23. The summed E-state index contributed by atoms with van der Waals surface area (Å²) >= 11 is 0. The summed E-state index contributed by atoms with van der Waals surface area (Å²) in [5, 5.41) is 20.1. The van der Waals surface area contributed by atoms with E-state index in [0.29, 0.717) is 24.6 Å². The Kier molecular flexibility index (Phi) is 11.2. The van der Waals surface area contributed by atoms with Crippen LogP contribution in [0.4, 0.5) is 0 Å². The normalized spacial score (nSPS) is 14.1. The first-order valence-corrected chi connectivity index (χ1v) is 13.9. The van der Waals surface area contributed by atoms with Gasteiger partial charge in [-0.25, -0.2) is 19.1 Å². The second-order valence-electron chi connectivity index (χ2n) is 9.95. The van der Waals surface area contributed by atoms with Gasteiger partial charge in [-0.2, -0.15) is 0 Å². The van der Waals surface area contributed by atoms with Gasteiger partial charge in [0.15, 0.2) is 5.65 Å². The molecule has 0 radical (unpaired) electrons. The number of aromatic nitrogens is 3. The Hall–Kier alpha value is -4.54. The first-order chi connectivity index (χ1) is 20.4. The van der Waals surface area contributed by atoms with Crippen molar-refractivity contribution in [2.75, 3.05) is 26.2 Å². The molecule has 10 heteroatoms. The largest absolute Gasteiger partial charge is 0.478 e. The van der Waals surface area contributed by atoms with Crippen LogP contribution in [-0.2, 0) is 14.3 Å². The number of piperidine rings is 1. The second kappa shape index (κ2) is 15.5. The maximum Gasteiger partial charge on any atom is 0.328 e. The van der Waals surface area contributed by atoms with Gasteiger partial charge in [0.25, 0.3) is 0 Å².